The monoisotopic (exact) mass is 559 g/mol. The molecule has 216 valence electrons. The highest BCUT2D eigenvalue weighted by atomic mass is 16.2. The molecule has 2 amide bonds. The Morgan fingerprint density at radius 3 is 2.27 bits per heavy atom. The predicted octanol–water partition coefficient (Wildman–Crippen LogP) is 1.89. The first-order valence-electron chi connectivity index (χ1n) is 14.4. The average Bonchev–Trinajstić information content (AvgIpc) is 3.15. The number of nitrogens with two attached hydrogens (primary N) is 1. The van der Waals surface area contributed by atoms with E-state index in [2.05, 4.69) is 47.3 Å². The fourth-order valence-corrected chi connectivity index (χ4v) is 5.62. The molecular weight excluding hydrogens is 522 g/mol. The molecule has 13 heteroatoms. The smallest absolute Gasteiger partial charge is 0.248 e. The second kappa shape index (κ2) is 11.6. The van der Waals surface area contributed by atoms with E-state index in [0.29, 0.717) is 30.8 Å². The van der Waals surface area contributed by atoms with Gasteiger partial charge in [0.2, 0.25) is 23.7 Å². The number of piperazine rings is 1. The fourth-order valence-electron chi connectivity index (χ4n) is 5.62. The van der Waals surface area contributed by atoms with Crippen LogP contribution in [0.5, 0.6) is 0 Å². The summed E-state index contributed by atoms with van der Waals surface area (Å²) in [5.41, 5.74) is 8.18. The maximum Gasteiger partial charge on any atom is 0.248 e. The van der Waals surface area contributed by atoms with Gasteiger partial charge >= 0.3 is 0 Å². The third-order valence-electron chi connectivity index (χ3n) is 8.29. The van der Waals surface area contributed by atoms with Crippen molar-refractivity contribution in [3.63, 3.8) is 0 Å². The molecule has 3 aliphatic rings. The molecule has 1 saturated carbocycles. The van der Waals surface area contributed by atoms with Crippen LogP contribution in [-0.2, 0) is 9.59 Å². The lowest BCUT2D eigenvalue weighted by molar-refractivity contribution is -0.138. The number of benzene rings is 1. The standard InChI is InChI=1S/C28H37N11O2/c1-20(40)35-10-3-11-37(15-12-35)24-18-25(31-19-30-24)39-27(29)33-28(34-39)32-22-6-8-23(9-7-22)36-13-16-38(17-14-36)26(41)21-4-2-5-21/h6-9,18-19,21H,2-5,10-17H2,1H3,(H3,29,32,33,34). The van der Waals surface area contributed by atoms with E-state index in [1.54, 1.807) is 6.92 Å². The van der Waals surface area contributed by atoms with Gasteiger partial charge in [0.05, 0.1) is 0 Å². The van der Waals surface area contributed by atoms with Gasteiger partial charge in [0.1, 0.15) is 12.1 Å². The van der Waals surface area contributed by atoms with Gasteiger partial charge in [0, 0.05) is 82.6 Å². The van der Waals surface area contributed by atoms with Crippen LogP contribution in [0.25, 0.3) is 5.82 Å². The Morgan fingerprint density at radius 1 is 0.854 bits per heavy atom. The maximum absolute atomic E-state index is 12.5. The zero-order chi connectivity index (χ0) is 28.3. The van der Waals surface area contributed by atoms with E-state index in [9.17, 15) is 9.59 Å². The highest BCUT2D eigenvalue weighted by Gasteiger charge is 2.31. The van der Waals surface area contributed by atoms with Crippen molar-refractivity contribution in [3.05, 3.63) is 36.7 Å². The number of hydrogen-bond acceptors (Lipinski definition) is 10. The number of carbonyl (C=O) groups excluding carboxylic acids is 2. The van der Waals surface area contributed by atoms with Gasteiger partial charge in [-0.05, 0) is 43.5 Å². The Morgan fingerprint density at radius 2 is 1.56 bits per heavy atom. The number of nitrogen functional groups attached to an aromatic ring is 1. The van der Waals surface area contributed by atoms with Crippen LogP contribution in [0.15, 0.2) is 36.7 Å². The summed E-state index contributed by atoms with van der Waals surface area (Å²) in [6.07, 6.45) is 5.64. The van der Waals surface area contributed by atoms with Crippen molar-refractivity contribution in [1.82, 2.24) is 34.5 Å². The van der Waals surface area contributed by atoms with Crippen molar-refractivity contribution in [2.24, 2.45) is 5.92 Å². The molecule has 0 atom stereocenters. The molecular formula is C28H37N11O2. The molecule has 4 heterocycles. The van der Waals surface area contributed by atoms with Crippen molar-refractivity contribution in [2.45, 2.75) is 32.6 Å². The van der Waals surface area contributed by atoms with Crippen LogP contribution in [0, 0.1) is 5.92 Å². The summed E-state index contributed by atoms with van der Waals surface area (Å²) in [7, 11) is 0. The highest BCUT2D eigenvalue weighted by Crippen LogP contribution is 2.29. The van der Waals surface area contributed by atoms with Crippen LogP contribution in [-0.4, -0.2) is 98.7 Å². The Labute approximate surface area is 239 Å². The van der Waals surface area contributed by atoms with E-state index < -0.39 is 0 Å². The van der Waals surface area contributed by atoms with Gasteiger partial charge in [0.15, 0.2) is 5.82 Å². The molecule has 3 N–H and O–H groups in total. The second-order valence-electron chi connectivity index (χ2n) is 10.9. The first-order valence-corrected chi connectivity index (χ1v) is 14.4. The zero-order valence-electron chi connectivity index (χ0n) is 23.4. The molecule has 3 fully saturated rings. The van der Waals surface area contributed by atoms with E-state index >= 15 is 0 Å². The first kappa shape index (κ1) is 26.8. The van der Waals surface area contributed by atoms with Gasteiger partial charge in [-0.15, -0.1) is 5.10 Å². The lowest BCUT2D eigenvalue weighted by atomic mass is 9.84. The molecule has 41 heavy (non-hydrogen) atoms. The SMILES string of the molecule is CC(=O)N1CCCN(c2cc(-n3nc(Nc4ccc(N5CCN(C(=O)C6CCC6)CC5)cc4)nc3N)ncn2)CC1. The predicted molar refractivity (Wildman–Crippen MR) is 156 cm³/mol. The molecule has 13 nitrogen and oxygen atoms in total. The molecule has 1 aromatic carbocycles. The largest absolute Gasteiger partial charge is 0.368 e. The van der Waals surface area contributed by atoms with Crippen LogP contribution in [0.3, 0.4) is 0 Å². The zero-order valence-corrected chi connectivity index (χ0v) is 23.4. The molecule has 1 aliphatic carbocycles. The van der Waals surface area contributed by atoms with Crippen LogP contribution in [0.2, 0.25) is 0 Å². The fraction of sp³-hybridized carbons (Fsp3) is 0.500. The summed E-state index contributed by atoms with van der Waals surface area (Å²) < 4.78 is 1.49. The normalized spacial score (nSPS) is 18.2. The highest BCUT2D eigenvalue weighted by molar-refractivity contribution is 5.80. The molecule has 3 aromatic rings. The van der Waals surface area contributed by atoms with Crippen molar-refractivity contribution in [2.75, 3.05) is 73.2 Å². The third-order valence-corrected chi connectivity index (χ3v) is 8.29. The molecule has 0 spiro atoms. The van der Waals surface area contributed by atoms with Gasteiger partial charge in [-0.3, -0.25) is 9.59 Å². The van der Waals surface area contributed by atoms with Gasteiger partial charge < -0.3 is 30.7 Å². The summed E-state index contributed by atoms with van der Waals surface area (Å²) in [5.74, 6) is 2.54. The number of rotatable bonds is 6. The van der Waals surface area contributed by atoms with Crippen molar-refractivity contribution in [3.8, 4) is 5.82 Å². The Hall–Kier alpha value is -4.42. The molecule has 2 aromatic heterocycles. The van der Waals surface area contributed by atoms with Crippen LogP contribution in [0.4, 0.5) is 29.1 Å². The van der Waals surface area contributed by atoms with E-state index in [1.165, 1.54) is 17.4 Å². The van der Waals surface area contributed by atoms with Crippen LogP contribution in [0.1, 0.15) is 32.6 Å². The van der Waals surface area contributed by atoms with Crippen molar-refractivity contribution < 1.29 is 9.59 Å². The van der Waals surface area contributed by atoms with Crippen molar-refractivity contribution in [1.29, 1.82) is 0 Å². The number of nitrogens with one attached hydrogen (secondary N) is 1. The summed E-state index contributed by atoms with van der Waals surface area (Å²) in [5, 5.41) is 7.77. The molecule has 2 saturated heterocycles. The minimum absolute atomic E-state index is 0.0928. The average molecular weight is 560 g/mol. The van der Waals surface area contributed by atoms with E-state index in [1.807, 2.05) is 28.0 Å². The summed E-state index contributed by atoms with van der Waals surface area (Å²) in [6, 6.07) is 9.95. The minimum atomic E-state index is 0.0928. The number of carbonyl (C=O) groups is 2. The lowest BCUT2D eigenvalue weighted by Gasteiger charge is -2.39. The molecule has 0 radical (unpaired) electrons. The Bertz CT molecular complexity index is 1380. The third kappa shape index (κ3) is 5.88. The molecule has 0 unspecified atom stereocenters. The van der Waals surface area contributed by atoms with Gasteiger partial charge in [0.25, 0.3) is 0 Å². The van der Waals surface area contributed by atoms with E-state index in [0.717, 1.165) is 75.7 Å². The van der Waals surface area contributed by atoms with Gasteiger partial charge in [-0.25, -0.2) is 9.97 Å². The minimum Gasteiger partial charge on any atom is -0.368 e. The quantitative estimate of drug-likeness (QED) is 0.460. The molecule has 6 rings (SSSR count). The molecule has 0 bridgehead atoms. The van der Waals surface area contributed by atoms with E-state index in [-0.39, 0.29) is 17.8 Å². The first-order chi connectivity index (χ1) is 19.9. The molecule has 2 aliphatic heterocycles. The Kier molecular flexibility index (Phi) is 7.57. The van der Waals surface area contributed by atoms with Gasteiger partial charge in [-0.2, -0.15) is 9.67 Å². The number of hydrogen-bond donors (Lipinski definition) is 2. The number of amides is 2. The summed E-state index contributed by atoms with van der Waals surface area (Å²) in [4.78, 5) is 45.9. The number of anilines is 5. The topological polar surface area (TPSA) is 142 Å². The van der Waals surface area contributed by atoms with Crippen molar-refractivity contribution >= 4 is 40.9 Å². The summed E-state index contributed by atoms with van der Waals surface area (Å²) in [6.45, 7) is 7.71. The van der Waals surface area contributed by atoms with Crippen LogP contribution < -0.4 is 20.9 Å². The maximum atomic E-state index is 12.5. The Balaban J connectivity index is 1.07. The lowest BCUT2D eigenvalue weighted by Crippen LogP contribution is -2.51. The van der Waals surface area contributed by atoms with E-state index in [4.69, 9.17) is 5.73 Å². The van der Waals surface area contributed by atoms with Gasteiger partial charge in [-0.1, -0.05) is 6.42 Å². The van der Waals surface area contributed by atoms with Crippen LogP contribution >= 0.6 is 0 Å². The summed E-state index contributed by atoms with van der Waals surface area (Å²) >= 11 is 0. The number of aromatic nitrogens is 5. The second-order valence-corrected chi connectivity index (χ2v) is 10.9. The number of nitrogens with zero attached hydrogens (tertiary/aromatic N) is 9.